The molecule has 0 aromatic heterocycles. The summed E-state index contributed by atoms with van der Waals surface area (Å²) in [5.74, 6) is 0. The van der Waals surface area contributed by atoms with Gasteiger partial charge in [0.25, 0.3) is 0 Å². The van der Waals surface area contributed by atoms with Crippen molar-refractivity contribution in [2.75, 3.05) is 0 Å². The van der Waals surface area contributed by atoms with E-state index in [1.54, 1.807) is 0 Å². The molecule has 0 saturated carbocycles. The van der Waals surface area contributed by atoms with Crippen molar-refractivity contribution >= 4 is 8.03 Å². The molecular formula is C12H26O2P+. The molecule has 3 heteroatoms. The molecule has 90 valence electrons. The molecule has 1 N–H and O–H groups in total. The van der Waals surface area contributed by atoms with Crippen molar-refractivity contribution in [2.45, 2.75) is 71.9 Å². The van der Waals surface area contributed by atoms with Gasteiger partial charge in [-0.1, -0.05) is 34.6 Å². The first-order valence-electron chi connectivity index (χ1n) is 6.16. The number of hydrogen-bond donors (Lipinski definition) is 1. The zero-order chi connectivity index (χ0) is 12.1. The summed E-state index contributed by atoms with van der Waals surface area (Å²) >= 11 is 0. The molecule has 2 nitrogen and oxygen atoms in total. The van der Waals surface area contributed by atoms with Crippen molar-refractivity contribution in [3.63, 3.8) is 0 Å². The van der Waals surface area contributed by atoms with E-state index in [4.69, 9.17) is 0 Å². The minimum absolute atomic E-state index is 0.0265. The molecule has 0 heterocycles. The zero-order valence-electron chi connectivity index (χ0n) is 10.8. The maximum absolute atomic E-state index is 11.8. The Balaban J connectivity index is 5.44. The molecule has 0 aliphatic rings. The second-order valence-corrected chi connectivity index (χ2v) is 5.75. The lowest BCUT2D eigenvalue weighted by Crippen LogP contribution is -2.43. The van der Waals surface area contributed by atoms with Crippen molar-refractivity contribution in [2.24, 2.45) is 5.41 Å². The van der Waals surface area contributed by atoms with Gasteiger partial charge in [0.1, 0.15) is 0 Å². The molecule has 0 aromatic rings. The smallest absolute Gasteiger partial charge is 0.160 e. The van der Waals surface area contributed by atoms with E-state index in [2.05, 4.69) is 20.8 Å². The molecule has 0 spiro atoms. The summed E-state index contributed by atoms with van der Waals surface area (Å²) < 4.78 is 11.8. The summed E-state index contributed by atoms with van der Waals surface area (Å²) in [6, 6.07) is 0. The minimum Gasteiger partial charge on any atom is -0.160 e. The monoisotopic (exact) mass is 233 g/mol. The van der Waals surface area contributed by atoms with Gasteiger partial charge in [0, 0.05) is 5.41 Å². The highest BCUT2D eigenvalue weighted by atomic mass is 31.1. The number of hydrogen-bond acceptors (Lipinski definition) is 1. The maximum Gasteiger partial charge on any atom is 0.512 e. The standard InChI is InChI=1S/C12H25O2P/c1-6-11(7-2,8-3)12(9-4,10-5)15(13)14/h6-10H2,1-5H3/p+1. The third-order valence-electron chi connectivity index (χ3n) is 4.55. The van der Waals surface area contributed by atoms with E-state index in [0.29, 0.717) is 0 Å². The molecule has 0 aromatic carbocycles. The van der Waals surface area contributed by atoms with Crippen molar-refractivity contribution < 1.29 is 9.46 Å². The normalized spacial score (nSPS) is 14.1. The van der Waals surface area contributed by atoms with Crippen LogP contribution in [0.5, 0.6) is 0 Å². The molecule has 0 radical (unpaired) electrons. The van der Waals surface area contributed by atoms with E-state index < -0.39 is 8.03 Å². The molecule has 0 bridgehead atoms. The van der Waals surface area contributed by atoms with E-state index in [1.165, 1.54) is 0 Å². The van der Waals surface area contributed by atoms with Crippen molar-refractivity contribution in [3.05, 3.63) is 0 Å². The van der Waals surface area contributed by atoms with E-state index in [9.17, 15) is 9.46 Å². The van der Waals surface area contributed by atoms with Crippen LogP contribution in [0.4, 0.5) is 0 Å². The van der Waals surface area contributed by atoms with E-state index in [-0.39, 0.29) is 10.6 Å². The van der Waals surface area contributed by atoms with Crippen LogP contribution < -0.4 is 0 Å². The topological polar surface area (TPSA) is 37.3 Å². The summed E-state index contributed by atoms with van der Waals surface area (Å²) in [7, 11) is -2.10. The highest BCUT2D eigenvalue weighted by Gasteiger charge is 2.59. The lowest BCUT2D eigenvalue weighted by atomic mass is 9.66. The van der Waals surface area contributed by atoms with Crippen LogP contribution in [0.15, 0.2) is 0 Å². The van der Waals surface area contributed by atoms with Crippen LogP contribution in [0.3, 0.4) is 0 Å². The van der Waals surface area contributed by atoms with Gasteiger partial charge < -0.3 is 0 Å². The molecule has 1 atom stereocenters. The third kappa shape index (κ3) is 2.26. The van der Waals surface area contributed by atoms with Gasteiger partial charge in [0.05, 0.1) is 0 Å². The zero-order valence-corrected chi connectivity index (χ0v) is 11.7. The average molecular weight is 233 g/mol. The van der Waals surface area contributed by atoms with Gasteiger partial charge in [0.15, 0.2) is 0 Å². The Morgan fingerprint density at radius 3 is 1.27 bits per heavy atom. The van der Waals surface area contributed by atoms with Crippen molar-refractivity contribution in [1.29, 1.82) is 0 Å². The van der Waals surface area contributed by atoms with Crippen LogP contribution in [-0.2, 0) is 4.57 Å². The molecular weight excluding hydrogens is 207 g/mol. The molecule has 15 heavy (non-hydrogen) atoms. The fraction of sp³-hybridized carbons (Fsp3) is 1.00. The molecule has 0 aliphatic heterocycles. The lowest BCUT2D eigenvalue weighted by molar-refractivity contribution is 0.140. The first kappa shape index (κ1) is 15.1. The third-order valence-corrected chi connectivity index (χ3v) is 6.39. The Kier molecular flexibility index (Phi) is 5.98. The second kappa shape index (κ2) is 5.96. The highest BCUT2D eigenvalue weighted by molar-refractivity contribution is 7.40. The lowest BCUT2D eigenvalue weighted by Gasteiger charge is -2.40. The maximum atomic E-state index is 11.8. The molecule has 0 fully saturated rings. The molecule has 0 rings (SSSR count). The quantitative estimate of drug-likeness (QED) is 0.657. The van der Waals surface area contributed by atoms with Crippen molar-refractivity contribution in [3.8, 4) is 0 Å². The van der Waals surface area contributed by atoms with Gasteiger partial charge in [-0.2, -0.15) is 4.89 Å². The summed E-state index contributed by atoms with van der Waals surface area (Å²) in [5, 5.41) is -0.388. The molecule has 1 unspecified atom stereocenters. The van der Waals surface area contributed by atoms with Crippen molar-refractivity contribution in [1.82, 2.24) is 0 Å². The Hall–Kier alpha value is 0.0600. The van der Waals surface area contributed by atoms with Gasteiger partial charge in [0.2, 0.25) is 5.16 Å². The van der Waals surface area contributed by atoms with Gasteiger partial charge in [-0.15, -0.1) is 0 Å². The van der Waals surface area contributed by atoms with Crippen LogP contribution in [0.1, 0.15) is 66.7 Å². The highest BCUT2D eigenvalue weighted by Crippen LogP contribution is 2.58. The summed E-state index contributed by atoms with van der Waals surface area (Å²) in [5.41, 5.74) is 0.0265. The Bertz CT molecular complexity index is 197. The molecule has 0 amide bonds. The van der Waals surface area contributed by atoms with E-state index in [1.807, 2.05) is 13.8 Å². The first-order chi connectivity index (χ1) is 7.00. The largest absolute Gasteiger partial charge is 0.512 e. The van der Waals surface area contributed by atoms with Gasteiger partial charge in [-0.05, 0) is 36.7 Å². The SMILES string of the molecule is CCC(CC)(CC)C(CC)(CC)[P+](=O)O. The van der Waals surface area contributed by atoms with E-state index in [0.717, 1.165) is 32.1 Å². The Morgan fingerprint density at radius 1 is 0.867 bits per heavy atom. The minimum atomic E-state index is -2.10. The second-order valence-electron chi connectivity index (χ2n) is 4.35. The predicted octanol–water partition coefficient (Wildman–Crippen LogP) is 4.50. The van der Waals surface area contributed by atoms with Gasteiger partial charge >= 0.3 is 8.03 Å². The van der Waals surface area contributed by atoms with Crippen LogP contribution >= 0.6 is 8.03 Å². The van der Waals surface area contributed by atoms with Crippen LogP contribution in [-0.4, -0.2) is 10.0 Å². The summed E-state index contributed by atoms with van der Waals surface area (Å²) in [6.45, 7) is 10.5. The van der Waals surface area contributed by atoms with Gasteiger partial charge in [-0.3, -0.25) is 0 Å². The first-order valence-corrected chi connectivity index (χ1v) is 7.37. The predicted molar refractivity (Wildman–Crippen MR) is 66.4 cm³/mol. The van der Waals surface area contributed by atoms with E-state index >= 15 is 0 Å². The summed E-state index contributed by atoms with van der Waals surface area (Å²) in [4.78, 5) is 9.70. The molecule has 0 aliphatic carbocycles. The van der Waals surface area contributed by atoms with Crippen LogP contribution in [0, 0.1) is 5.41 Å². The van der Waals surface area contributed by atoms with Crippen LogP contribution in [0.2, 0.25) is 0 Å². The van der Waals surface area contributed by atoms with Gasteiger partial charge in [-0.25, -0.2) is 0 Å². The molecule has 0 saturated heterocycles. The Morgan fingerprint density at radius 2 is 1.20 bits per heavy atom. The fourth-order valence-electron chi connectivity index (χ4n) is 3.21. The van der Waals surface area contributed by atoms with Crippen LogP contribution in [0.25, 0.3) is 0 Å². The fourth-order valence-corrected chi connectivity index (χ4v) is 4.63. The summed E-state index contributed by atoms with van der Waals surface area (Å²) in [6.07, 6.45) is 4.56. The number of rotatable bonds is 7. The Labute approximate surface area is 95.3 Å². The average Bonchev–Trinajstić information content (AvgIpc) is 2.26.